The third-order valence-corrected chi connectivity index (χ3v) is 7.32. The summed E-state index contributed by atoms with van der Waals surface area (Å²) in [7, 11) is 1.49. The highest BCUT2D eigenvalue weighted by atomic mass is 32.1. The minimum atomic E-state index is -0.479. The normalized spacial score (nSPS) is 21.5. The molecule has 1 atom stereocenters. The molecule has 4 rings (SSSR count). The Bertz CT molecular complexity index is 903. The third-order valence-electron chi connectivity index (χ3n) is 6.84. The Hall–Kier alpha value is -2.46. The zero-order valence-electron chi connectivity index (χ0n) is 19.6. The van der Waals surface area contributed by atoms with E-state index >= 15 is 0 Å². The Balaban J connectivity index is 1.30. The topological polar surface area (TPSA) is 74.3 Å². The van der Waals surface area contributed by atoms with E-state index in [1.54, 1.807) is 17.0 Å². The summed E-state index contributed by atoms with van der Waals surface area (Å²) in [6.45, 7) is 2.96. The van der Waals surface area contributed by atoms with Crippen LogP contribution >= 0.6 is 12.2 Å². The van der Waals surface area contributed by atoms with E-state index in [4.69, 9.17) is 21.7 Å². The Morgan fingerprint density at radius 3 is 2.62 bits per heavy atom. The lowest BCUT2D eigenvalue weighted by molar-refractivity contribution is -0.135. The molecule has 8 nitrogen and oxygen atoms in total. The predicted molar refractivity (Wildman–Crippen MR) is 132 cm³/mol. The fourth-order valence-electron chi connectivity index (χ4n) is 4.89. The first-order valence-corrected chi connectivity index (χ1v) is 12.4. The molecule has 1 saturated carbocycles. The number of thiocarbonyl (C=S) groups is 1. The Morgan fingerprint density at radius 2 is 1.94 bits per heavy atom. The van der Waals surface area contributed by atoms with Gasteiger partial charge >= 0.3 is 6.09 Å². The van der Waals surface area contributed by atoms with Crippen LogP contribution in [0, 0.1) is 11.7 Å². The molecule has 2 aliphatic heterocycles. The van der Waals surface area contributed by atoms with Crippen LogP contribution in [0.1, 0.15) is 32.1 Å². The van der Waals surface area contributed by atoms with Crippen molar-refractivity contribution in [3.8, 4) is 0 Å². The number of nitrogens with one attached hydrogen (secondary N) is 1. The number of ether oxygens (including phenoxy) is 2. The largest absolute Gasteiger partial charge is 0.442 e. The summed E-state index contributed by atoms with van der Waals surface area (Å²) in [4.78, 5) is 30.4. The van der Waals surface area contributed by atoms with Crippen molar-refractivity contribution >= 4 is 40.6 Å². The molecule has 1 aliphatic carbocycles. The van der Waals surface area contributed by atoms with Crippen LogP contribution in [0.4, 0.5) is 20.6 Å². The SMILES string of the molecule is COCC(=O)N1CCN(c2ccc(N3C[C@H](CNC(=S)C4CCCCC4)OC3=O)cc2F)CC1. The molecule has 0 spiro atoms. The minimum absolute atomic E-state index is 0.0534. The molecule has 0 aromatic heterocycles. The van der Waals surface area contributed by atoms with E-state index in [9.17, 15) is 14.0 Å². The molecule has 2 amide bonds. The number of nitrogens with zero attached hydrogens (tertiary/aromatic N) is 3. The molecule has 3 aliphatic rings. The number of methoxy groups -OCH3 is 1. The highest BCUT2D eigenvalue weighted by molar-refractivity contribution is 7.80. The van der Waals surface area contributed by atoms with Gasteiger partial charge in [0.05, 0.1) is 29.5 Å². The van der Waals surface area contributed by atoms with Crippen molar-refractivity contribution in [2.24, 2.45) is 5.92 Å². The number of amides is 2. The Kier molecular flexibility index (Phi) is 8.20. The van der Waals surface area contributed by atoms with Gasteiger partial charge in [0.15, 0.2) is 0 Å². The smallest absolute Gasteiger partial charge is 0.414 e. The van der Waals surface area contributed by atoms with Crippen LogP contribution < -0.4 is 15.1 Å². The van der Waals surface area contributed by atoms with Crippen molar-refractivity contribution in [2.75, 3.05) is 62.8 Å². The predicted octanol–water partition coefficient (Wildman–Crippen LogP) is 2.94. The maximum Gasteiger partial charge on any atom is 0.414 e. The molecule has 34 heavy (non-hydrogen) atoms. The van der Waals surface area contributed by atoms with E-state index in [0.717, 1.165) is 17.8 Å². The van der Waals surface area contributed by atoms with Crippen LogP contribution in [-0.4, -0.2) is 81.0 Å². The van der Waals surface area contributed by atoms with E-state index in [2.05, 4.69) is 5.32 Å². The van der Waals surface area contributed by atoms with Crippen molar-refractivity contribution < 1.29 is 23.5 Å². The standard InChI is InChI=1S/C24H33FN4O4S/c1-32-16-22(30)28-11-9-27(10-12-28)21-8-7-18(13-20(21)25)29-15-19(33-24(29)31)14-26-23(34)17-5-3-2-4-6-17/h7-8,13,17,19H,2-6,9-12,14-16H2,1H3,(H,26,34)/t19-/m0/s1. The van der Waals surface area contributed by atoms with Gasteiger partial charge in [-0.05, 0) is 31.0 Å². The summed E-state index contributed by atoms with van der Waals surface area (Å²) in [6.07, 6.45) is 5.11. The molecule has 1 N–H and O–H groups in total. The second-order valence-corrected chi connectivity index (χ2v) is 9.57. The highest BCUT2D eigenvalue weighted by Gasteiger charge is 2.33. The van der Waals surface area contributed by atoms with E-state index in [1.165, 1.54) is 37.3 Å². The number of hydrogen-bond donors (Lipinski definition) is 1. The van der Waals surface area contributed by atoms with Gasteiger partial charge in [-0.15, -0.1) is 0 Å². The van der Waals surface area contributed by atoms with Crippen LogP contribution in [0.5, 0.6) is 0 Å². The fourth-order valence-corrected chi connectivity index (χ4v) is 5.21. The number of piperazine rings is 1. The van der Waals surface area contributed by atoms with Crippen LogP contribution in [0.2, 0.25) is 0 Å². The van der Waals surface area contributed by atoms with Gasteiger partial charge in [0, 0.05) is 39.2 Å². The minimum Gasteiger partial charge on any atom is -0.442 e. The molecule has 2 heterocycles. The van der Waals surface area contributed by atoms with Gasteiger partial charge < -0.3 is 24.6 Å². The van der Waals surface area contributed by atoms with Crippen LogP contribution in [-0.2, 0) is 14.3 Å². The number of carbonyl (C=O) groups excluding carboxylic acids is 2. The van der Waals surface area contributed by atoms with E-state index < -0.39 is 11.9 Å². The van der Waals surface area contributed by atoms with Crippen molar-refractivity contribution in [3.05, 3.63) is 24.0 Å². The van der Waals surface area contributed by atoms with Gasteiger partial charge in [-0.2, -0.15) is 0 Å². The monoisotopic (exact) mass is 492 g/mol. The Labute approximate surface area is 205 Å². The number of halogens is 1. The molecule has 10 heteroatoms. The molecular formula is C24H33FN4O4S. The first-order chi connectivity index (χ1) is 16.5. The number of cyclic esters (lactones) is 1. The van der Waals surface area contributed by atoms with Crippen molar-refractivity contribution in [1.82, 2.24) is 10.2 Å². The van der Waals surface area contributed by atoms with Gasteiger partial charge in [0.2, 0.25) is 5.91 Å². The highest BCUT2D eigenvalue weighted by Crippen LogP contribution is 2.29. The van der Waals surface area contributed by atoms with Gasteiger partial charge in [-0.25, -0.2) is 9.18 Å². The molecule has 0 bridgehead atoms. The maximum absolute atomic E-state index is 15.0. The average molecular weight is 493 g/mol. The van der Waals surface area contributed by atoms with Crippen molar-refractivity contribution in [1.29, 1.82) is 0 Å². The van der Waals surface area contributed by atoms with Crippen molar-refractivity contribution in [2.45, 2.75) is 38.2 Å². The third kappa shape index (κ3) is 5.78. The Morgan fingerprint density at radius 1 is 1.21 bits per heavy atom. The first kappa shape index (κ1) is 24.7. The zero-order valence-corrected chi connectivity index (χ0v) is 20.4. The second kappa shape index (κ2) is 11.3. The molecule has 186 valence electrons. The van der Waals surface area contributed by atoms with Gasteiger partial charge in [-0.3, -0.25) is 9.69 Å². The van der Waals surface area contributed by atoms with E-state index in [-0.39, 0.29) is 18.6 Å². The molecule has 0 unspecified atom stereocenters. The number of hydrogen-bond acceptors (Lipinski definition) is 6. The van der Waals surface area contributed by atoms with Crippen LogP contribution in [0.25, 0.3) is 0 Å². The second-order valence-electron chi connectivity index (χ2n) is 9.13. The van der Waals surface area contributed by atoms with Crippen molar-refractivity contribution in [3.63, 3.8) is 0 Å². The summed E-state index contributed by atoms with van der Waals surface area (Å²) < 4.78 is 25.4. The van der Waals surface area contributed by atoms with Gasteiger partial charge in [-0.1, -0.05) is 31.5 Å². The number of rotatable bonds is 7. The summed E-state index contributed by atoms with van der Waals surface area (Å²) in [6, 6.07) is 4.81. The molecule has 1 aromatic carbocycles. The first-order valence-electron chi connectivity index (χ1n) is 12.0. The summed E-state index contributed by atoms with van der Waals surface area (Å²) in [5.41, 5.74) is 0.934. The number of anilines is 2. The maximum atomic E-state index is 15.0. The van der Waals surface area contributed by atoms with Crippen LogP contribution in [0.3, 0.4) is 0 Å². The van der Waals surface area contributed by atoms with E-state index in [0.29, 0.717) is 56.6 Å². The summed E-state index contributed by atoms with van der Waals surface area (Å²) >= 11 is 5.54. The van der Waals surface area contributed by atoms with Gasteiger partial charge in [0.25, 0.3) is 0 Å². The lowest BCUT2D eigenvalue weighted by Gasteiger charge is -2.36. The molecule has 0 radical (unpaired) electrons. The average Bonchev–Trinajstić information content (AvgIpc) is 3.23. The lowest BCUT2D eigenvalue weighted by atomic mass is 9.89. The number of benzene rings is 1. The summed E-state index contributed by atoms with van der Waals surface area (Å²) in [5.74, 6) is -0.0466. The molecule has 3 fully saturated rings. The van der Waals surface area contributed by atoms with Crippen LogP contribution in [0.15, 0.2) is 18.2 Å². The fraction of sp³-hybridized carbons (Fsp3) is 0.625. The number of carbonyl (C=O) groups is 2. The van der Waals surface area contributed by atoms with E-state index in [1.807, 2.05) is 4.90 Å². The molecule has 1 aromatic rings. The quantitative estimate of drug-likeness (QED) is 0.587. The molecular weight excluding hydrogens is 459 g/mol. The summed E-state index contributed by atoms with van der Waals surface area (Å²) in [5, 5.41) is 3.28. The van der Waals surface area contributed by atoms with Gasteiger partial charge in [0.1, 0.15) is 18.5 Å². The zero-order chi connectivity index (χ0) is 24.1. The lowest BCUT2D eigenvalue weighted by Crippen LogP contribution is -2.50. The molecule has 2 saturated heterocycles.